The van der Waals surface area contributed by atoms with Crippen molar-refractivity contribution >= 4 is 5.91 Å². The number of aromatic nitrogens is 3. The van der Waals surface area contributed by atoms with Crippen molar-refractivity contribution in [3.63, 3.8) is 0 Å². The molecule has 1 amide bonds. The van der Waals surface area contributed by atoms with Crippen LogP contribution in [0.5, 0.6) is 0 Å². The lowest BCUT2D eigenvalue weighted by Crippen LogP contribution is -2.39. The summed E-state index contributed by atoms with van der Waals surface area (Å²) in [7, 11) is 1.91. The van der Waals surface area contributed by atoms with E-state index in [-0.39, 0.29) is 24.0 Å². The van der Waals surface area contributed by atoms with Crippen molar-refractivity contribution < 1.29 is 9.53 Å². The molecule has 0 aromatic carbocycles. The highest BCUT2D eigenvalue weighted by molar-refractivity contribution is 5.83. The molecule has 3 atom stereocenters. The van der Waals surface area contributed by atoms with E-state index in [1.807, 2.05) is 43.9 Å². The van der Waals surface area contributed by atoms with Gasteiger partial charge < -0.3 is 10.1 Å². The van der Waals surface area contributed by atoms with Gasteiger partial charge >= 0.3 is 0 Å². The van der Waals surface area contributed by atoms with Crippen molar-refractivity contribution in [2.75, 3.05) is 6.61 Å². The second-order valence-electron chi connectivity index (χ2n) is 6.01. The van der Waals surface area contributed by atoms with Crippen LogP contribution in [0.1, 0.15) is 42.2 Å². The van der Waals surface area contributed by atoms with E-state index in [1.54, 1.807) is 12.4 Å². The Morgan fingerprint density at radius 2 is 2.30 bits per heavy atom. The Morgan fingerprint density at radius 3 is 2.96 bits per heavy atom. The largest absolute Gasteiger partial charge is 0.371 e. The predicted octanol–water partition coefficient (Wildman–Crippen LogP) is 1.87. The Balaban J connectivity index is 1.71. The summed E-state index contributed by atoms with van der Waals surface area (Å²) in [6.07, 6.45) is 5.95. The minimum Gasteiger partial charge on any atom is -0.371 e. The molecule has 3 heterocycles. The monoisotopic (exact) mass is 314 g/mol. The fraction of sp³-hybridized carbons (Fsp3) is 0.471. The maximum absolute atomic E-state index is 12.6. The summed E-state index contributed by atoms with van der Waals surface area (Å²) in [6.45, 7) is 4.55. The van der Waals surface area contributed by atoms with Gasteiger partial charge in [-0.3, -0.25) is 14.5 Å². The SMILES string of the molecule is Cc1c([C@H]2OCC[C@@H]2NC(=O)[C@H](C)c2cccnc2)cnn1C. The van der Waals surface area contributed by atoms with Gasteiger partial charge in [0.1, 0.15) is 6.10 Å². The molecule has 0 saturated carbocycles. The summed E-state index contributed by atoms with van der Waals surface area (Å²) in [5, 5.41) is 7.41. The first kappa shape index (κ1) is 15.7. The molecule has 6 heteroatoms. The molecule has 3 rings (SSSR count). The van der Waals surface area contributed by atoms with Crippen molar-refractivity contribution in [2.24, 2.45) is 7.05 Å². The van der Waals surface area contributed by atoms with Crippen molar-refractivity contribution in [3.8, 4) is 0 Å². The molecule has 122 valence electrons. The molecule has 23 heavy (non-hydrogen) atoms. The smallest absolute Gasteiger partial charge is 0.227 e. The van der Waals surface area contributed by atoms with Gasteiger partial charge in [0, 0.05) is 37.3 Å². The molecule has 1 N–H and O–H groups in total. The molecule has 1 saturated heterocycles. The first-order valence-electron chi connectivity index (χ1n) is 7.88. The molecule has 2 aromatic rings. The van der Waals surface area contributed by atoms with Crippen LogP contribution in [0.15, 0.2) is 30.7 Å². The number of ether oxygens (including phenoxy) is 1. The van der Waals surface area contributed by atoms with Gasteiger partial charge in [-0.1, -0.05) is 6.07 Å². The third-order valence-electron chi connectivity index (χ3n) is 4.58. The summed E-state index contributed by atoms with van der Waals surface area (Å²) in [5.74, 6) is -0.236. The van der Waals surface area contributed by atoms with Crippen molar-refractivity contribution in [3.05, 3.63) is 47.5 Å². The van der Waals surface area contributed by atoms with Crippen LogP contribution in [0.2, 0.25) is 0 Å². The van der Waals surface area contributed by atoms with Crippen molar-refractivity contribution in [2.45, 2.75) is 38.3 Å². The van der Waals surface area contributed by atoms with E-state index in [0.29, 0.717) is 6.61 Å². The van der Waals surface area contributed by atoms with Crippen LogP contribution in [0.25, 0.3) is 0 Å². The summed E-state index contributed by atoms with van der Waals surface area (Å²) in [5.41, 5.74) is 3.03. The Bertz CT molecular complexity index is 683. The minimum absolute atomic E-state index is 0.0000402. The van der Waals surface area contributed by atoms with Crippen molar-refractivity contribution in [1.82, 2.24) is 20.1 Å². The highest BCUT2D eigenvalue weighted by Crippen LogP contribution is 2.31. The second kappa shape index (κ2) is 6.50. The van der Waals surface area contributed by atoms with E-state index < -0.39 is 0 Å². The van der Waals surface area contributed by atoms with Crippen LogP contribution in [-0.4, -0.2) is 33.3 Å². The minimum atomic E-state index is -0.236. The van der Waals surface area contributed by atoms with Gasteiger partial charge in [0.2, 0.25) is 5.91 Å². The van der Waals surface area contributed by atoms with Crippen LogP contribution in [0, 0.1) is 6.92 Å². The van der Waals surface area contributed by atoms with Crippen molar-refractivity contribution in [1.29, 1.82) is 0 Å². The fourth-order valence-electron chi connectivity index (χ4n) is 2.93. The molecule has 1 aliphatic heterocycles. The van der Waals surface area contributed by atoms with Crippen LogP contribution in [-0.2, 0) is 16.6 Å². The molecular weight excluding hydrogens is 292 g/mol. The Hall–Kier alpha value is -2.21. The lowest BCUT2D eigenvalue weighted by molar-refractivity contribution is -0.123. The molecule has 0 unspecified atom stereocenters. The van der Waals surface area contributed by atoms with Gasteiger partial charge in [-0.2, -0.15) is 5.10 Å². The highest BCUT2D eigenvalue weighted by Gasteiger charge is 2.34. The first-order chi connectivity index (χ1) is 11.1. The molecule has 6 nitrogen and oxygen atoms in total. The van der Waals surface area contributed by atoms with E-state index in [0.717, 1.165) is 23.2 Å². The molecule has 0 radical (unpaired) electrons. The van der Waals surface area contributed by atoms with Crippen LogP contribution in [0.3, 0.4) is 0 Å². The van der Waals surface area contributed by atoms with E-state index >= 15 is 0 Å². The van der Waals surface area contributed by atoms with Crippen LogP contribution >= 0.6 is 0 Å². The van der Waals surface area contributed by atoms with E-state index in [4.69, 9.17) is 4.74 Å². The Kier molecular flexibility index (Phi) is 4.43. The maximum Gasteiger partial charge on any atom is 0.227 e. The van der Waals surface area contributed by atoms with Crippen LogP contribution < -0.4 is 5.32 Å². The number of carbonyl (C=O) groups is 1. The number of aryl methyl sites for hydroxylation is 1. The molecule has 1 aliphatic rings. The number of pyridine rings is 1. The molecule has 0 spiro atoms. The molecule has 1 fully saturated rings. The average molecular weight is 314 g/mol. The molecule has 0 bridgehead atoms. The highest BCUT2D eigenvalue weighted by atomic mass is 16.5. The average Bonchev–Trinajstić information content (AvgIpc) is 3.15. The molecule has 2 aromatic heterocycles. The maximum atomic E-state index is 12.6. The van der Waals surface area contributed by atoms with Gasteiger partial charge in [-0.15, -0.1) is 0 Å². The first-order valence-corrected chi connectivity index (χ1v) is 7.88. The number of amides is 1. The van der Waals surface area contributed by atoms with Gasteiger partial charge in [-0.25, -0.2) is 0 Å². The van der Waals surface area contributed by atoms with Gasteiger partial charge in [0.25, 0.3) is 0 Å². The standard InChI is InChI=1S/C17H22N4O2/c1-11(13-5-4-7-18-9-13)17(22)20-15-6-8-23-16(15)14-10-19-21(3)12(14)2/h4-5,7,9-11,15-16H,6,8H2,1-3H3,(H,20,22)/t11-,15+,16-/m1/s1. The lowest BCUT2D eigenvalue weighted by Gasteiger charge is -2.22. The van der Waals surface area contributed by atoms with E-state index in [2.05, 4.69) is 15.4 Å². The zero-order valence-electron chi connectivity index (χ0n) is 13.7. The Labute approximate surface area is 135 Å². The zero-order chi connectivity index (χ0) is 16.4. The topological polar surface area (TPSA) is 69.0 Å². The quantitative estimate of drug-likeness (QED) is 0.935. The summed E-state index contributed by atoms with van der Waals surface area (Å²) >= 11 is 0. The zero-order valence-corrected chi connectivity index (χ0v) is 13.7. The third kappa shape index (κ3) is 3.12. The summed E-state index contributed by atoms with van der Waals surface area (Å²) in [6, 6.07) is 3.74. The third-order valence-corrected chi connectivity index (χ3v) is 4.58. The lowest BCUT2D eigenvalue weighted by atomic mass is 9.99. The predicted molar refractivity (Wildman–Crippen MR) is 85.8 cm³/mol. The van der Waals surface area contributed by atoms with E-state index in [9.17, 15) is 4.79 Å². The number of nitrogens with one attached hydrogen (secondary N) is 1. The normalized spacial score (nSPS) is 22.0. The van der Waals surface area contributed by atoms with Crippen LogP contribution in [0.4, 0.5) is 0 Å². The van der Waals surface area contributed by atoms with Gasteiger partial charge in [-0.05, 0) is 31.9 Å². The molecule has 0 aliphatic carbocycles. The fourth-order valence-corrected chi connectivity index (χ4v) is 2.93. The number of hydrogen-bond acceptors (Lipinski definition) is 4. The van der Waals surface area contributed by atoms with Gasteiger partial charge in [0.15, 0.2) is 0 Å². The number of carbonyl (C=O) groups excluding carboxylic acids is 1. The number of nitrogens with zero attached hydrogens (tertiary/aromatic N) is 3. The Morgan fingerprint density at radius 1 is 1.48 bits per heavy atom. The molecular formula is C17H22N4O2. The van der Waals surface area contributed by atoms with E-state index in [1.165, 1.54) is 0 Å². The number of hydrogen-bond donors (Lipinski definition) is 1. The summed E-state index contributed by atoms with van der Waals surface area (Å²) in [4.78, 5) is 16.6. The number of rotatable bonds is 4. The van der Waals surface area contributed by atoms with Gasteiger partial charge in [0.05, 0.1) is 18.2 Å². The summed E-state index contributed by atoms with van der Waals surface area (Å²) < 4.78 is 7.68. The second-order valence-corrected chi connectivity index (χ2v) is 6.01.